The molecule has 108 valence electrons. The lowest BCUT2D eigenvalue weighted by atomic mass is 10.2. The van der Waals surface area contributed by atoms with Crippen LogP contribution >= 0.6 is 0 Å². The van der Waals surface area contributed by atoms with Crippen molar-refractivity contribution >= 4 is 15.7 Å². The quantitative estimate of drug-likeness (QED) is 0.885. The van der Waals surface area contributed by atoms with E-state index >= 15 is 0 Å². The number of unbranched alkanes of at least 4 members (excludes halogenated alkanes) is 1. The SMILES string of the molecule is CCCCS(=O)(=O)Nc1cccc(-c2nnc(C)o2)c1. The third-order valence-electron chi connectivity index (χ3n) is 2.68. The summed E-state index contributed by atoms with van der Waals surface area (Å²) in [6, 6.07) is 6.90. The van der Waals surface area contributed by atoms with Gasteiger partial charge in [-0.1, -0.05) is 19.4 Å². The van der Waals surface area contributed by atoms with E-state index in [0.29, 0.717) is 29.5 Å². The fraction of sp³-hybridized carbons (Fsp3) is 0.385. The first-order chi connectivity index (χ1) is 9.50. The Hall–Kier alpha value is -1.89. The van der Waals surface area contributed by atoms with Gasteiger partial charge in [-0.15, -0.1) is 10.2 Å². The third-order valence-corrected chi connectivity index (χ3v) is 4.05. The fourth-order valence-corrected chi connectivity index (χ4v) is 2.95. The number of hydrogen-bond acceptors (Lipinski definition) is 5. The van der Waals surface area contributed by atoms with Crippen LogP contribution in [0.2, 0.25) is 0 Å². The van der Waals surface area contributed by atoms with E-state index in [4.69, 9.17) is 4.42 Å². The molecule has 7 heteroatoms. The number of sulfonamides is 1. The molecule has 1 aromatic carbocycles. The van der Waals surface area contributed by atoms with Gasteiger partial charge < -0.3 is 4.42 Å². The zero-order valence-corrected chi connectivity index (χ0v) is 12.3. The van der Waals surface area contributed by atoms with Gasteiger partial charge in [0.1, 0.15) is 0 Å². The number of anilines is 1. The van der Waals surface area contributed by atoms with Crippen LogP contribution in [0.1, 0.15) is 25.7 Å². The van der Waals surface area contributed by atoms with Crippen molar-refractivity contribution in [2.24, 2.45) is 0 Å². The van der Waals surface area contributed by atoms with Gasteiger partial charge in [0.05, 0.1) is 5.75 Å². The molecule has 2 aromatic rings. The van der Waals surface area contributed by atoms with Gasteiger partial charge in [-0.25, -0.2) is 8.42 Å². The summed E-state index contributed by atoms with van der Waals surface area (Å²) in [7, 11) is -3.31. The molecule has 0 aliphatic carbocycles. The Morgan fingerprint density at radius 2 is 2.10 bits per heavy atom. The second-order valence-corrected chi connectivity index (χ2v) is 6.32. The van der Waals surface area contributed by atoms with Crippen LogP contribution in [0.4, 0.5) is 5.69 Å². The summed E-state index contributed by atoms with van der Waals surface area (Å²) < 4.78 is 31.6. The van der Waals surface area contributed by atoms with Crippen LogP contribution in [0.15, 0.2) is 28.7 Å². The minimum Gasteiger partial charge on any atom is -0.421 e. The molecule has 0 spiro atoms. The number of aromatic nitrogens is 2. The number of nitrogens with one attached hydrogen (secondary N) is 1. The molecule has 20 heavy (non-hydrogen) atoms. The summed E-state index contributed by atoms with van der Waals surface area (Å²) in [5.41, 5.74) is 1.18. The van der Waals surface area contributed by atoms with E-state index in [9.17, 15) is 8.42 Å². The van der Waals surface area contributed by atoms with Crippen molar-refractivity contribution in [1.82, 2.24) is 10.2 Å². The molecule has 0 bridgehead atoms. The van der Waals surface area contributed by atoms with Crippen molar-refractivity contribution in [2.75, 3.05) is 10.5 Å². The largest absolute Gasteiger partial charge is 0.421 e. The molecule has 0 amide bonds. The normalized spacial score (nSPS) is 11.5. The van der Waals surface area contributed by atoms with Crippen LogP contribution in [-0.2, 0) is 10.0 Å². The lowest BCUT2D eigenvalue weighted by molar-refractivity contribution is 0.533. The molecular weight excluding hydrogens is 278 g/mol. The predicted octanol–water partition coefficient (Wildman–Crippen LogP) is 2.59. The van der Waals surface area contributed by atoms with E-state index in [-0.39, 0.29) is 5.75 Å². The van der Waals surface area contributed by atoms with E-state index in [1.807, 2.05) is 6.92 Å². The summed E-state index contributed by atoms with van der Waals surface area (Å²) in [4.78, 5) is 0. The van der Waals surface area contributed by atoms with Gasteiger partial charge in [-0.3, -0.25) is 4.72 Å². The molecule has 0 radical (unpaired) electrons. The Morgan fingerprint density at radius 3 is 2.75 bits per heavy atom. The van der Waals surface area contributed by atoms with Crippen molar-refractivity contribution < 1.29 is 12.8 Å². The average Bonchev–Trinajstić information content (AvgIpc) is 2.83. The van der Waals surface area contributed by atoms with Crippen LogP contribution in [0, 0.1) is 6.92 Å². The van der Waals surface area contributed by atoms with Crippen molar-refractivity contribution in [3.8, 4) is 11.5 Å². The second kappa shape index (κ2) is 6.04. The van der Waals surface area contributed by atoms with Crippen molar-refractivity contribution in [1.29, 1.82) is 0 Å². The number of benzene rings is 1. The van der Waals surface area contributed by atoms with E-state index in [0.717, 1.165) is 6.42 Å². The van der Waals surface area contributed by atoms with Gasteiger partial charge in [0.2, 0.25) is 21.8 Å². The minimum absolute atomic E-state index is 0.118. The molecule has 0 saturated heterocycles. The Kier molecular flexibility index (Phi) is 4.39. The van der Waals surface area contributed by atoms with Crippen LogP contribution in [0.3, 0.4) is 0 Å². The Morgan fingerprint density at radius 1 is 1.30 bits per heavy atom. The summed E-state index contributed by atoms with van der Waals surface area (Å²) in [5, 5.41) is 7.66. The lowest BCUT2D eigenvalue weighted by Gasteiger charge is -2.08. The molecule has 2 rings (SSSR count). The van der Waals surface area contributed by atoms with Gasteiger partial charge in [-0.2, -0.15) is 0 Å². The van der Waals surface area contributed by atoms with Crippen molar-refractivity contribution in [2.45, 2.75) is 26.7 Å². The van der Waals surface area contributed by atoms with E-state index in [1.54, 1.807) is 31.2 Å². The van der Waals surface area contributed by atoms with Crippen LogP contribution in [-0.4, -0.2) is 24.4 Å². The Labute approximate surface area is 118 Å². The standard InChI is InChI=1S/C13H17N3O3S/c1-3-4-8-20(17,18)16-12-7-5-6-11(9-12)13-15-14-10(2)19-13/h5-7,9,16H,3-4,8H2,1-2H3. The molecule has 1 aromatic heterocycles. The van der Waals surface area contributed by atoms with Gasteiger partial charge in [-0.05, 0) is 24.6 Å². The maximum absolute atomic E-state index is 11.8. The number of aryl methyl sites for hydroxylation is 1. The van der Waals surface area contributed by atoms with E-state index < -0.39 is 10.0 Å². The van der Waals surface area contributed by atoms with Crippen LogP contribution < -0.4 is 4.72 Å². The summed E-state index contributed by atoms with van der Waals surface area (Å²) in [5.74, 6) is 0.957. The number of nitrogens with zero attached hydrogens (tertiary/aromatic N) is 2. The Balaban J connectivity index is 2.18. The first-order valence-corrected chi connectivity index (χ1v) is 8.06. The summed E-state index contributed by atoms with van der Waals surface area (Å²) >= 11 is 0. The summed E-state index contributed by atoms with van der Waals surface area (Å²) in [6.07, 6.45) is 1.47. The highest BCUT2D eigenvalue weighted by Gasteiger charge is 2.11. The number of rotatable bonds is 6. The highest BCUT2D eigenvalue weighted by molar-refractivity contribution is 7.92. The average molecular weight is 295 g/mol. The second-order valence-electron chi connectivity index (χ2n) is 4.48. The zero-order chi connectivity index (χ0) is 14.6. The molecule has 0 aliphatic heterocycles. The van der Waals surface area contributed by atoms with Crippen molar-refractivity contribution in [3.63, 3.8) is 0 Å². The maximum Gasteiger partial charge on any atom is 0.247 e. The smallest absolute Gasteiger partial charge is 0.247 e. The van der Waals surface area contributed by atoms with E-state index in [2.05, 4.69) is 14.9 Å². The van der Waals surface area contributed by atoms with Gasteiger partial charge in [0.15, 0.2) is 0 Å². The molecule has 6 nitrogen and oxygen atoms in total. The topological polar surface area (TPSA) is 85.1 Å². The third kappa shape index (κ3) is 3.80. The Bertz CT molecular complexity index is 680. The highest BCUT2D eigenvalue weighted by atomic mass is 32.2. The first-order valence-electron chi connectivity index (χ1n) is 6.41. The zero-order valence-electron chi connectivity index (χ0n) is 11.5. The first kappa shape index (κ1) is 14.5. The fourth-order valence-electron chi connectivity index (χ4n) is 1.69. The van der Waals surface area contributed by atoms with Crippen molar-refractivity contribution in [3.05, 3.63) is 30.2 Å². The number of hydrogen-bond donors (Lipinski definition) is 1. The predicted molar refractivity (Wildman–Crippen MR) is 76.8 cm³/mol. The molecule has 0 fully saturated rings. The summed E-state index contributed by atoms with van der Waals surface area (Å²) in [6.45, 7) is 3.65. The maximum atomic E-state index is 11.8. The van der Waals surface area contributed by atoms with Crippen LogP contribution in [0.25, 0.3) is 11.5 Å². The van der Waals surface area contributed by atoms with Gasteiger partial charge >= 0.3 is 0 Å². The molecule has 1 heterocycles. The minimum atomic E-state index is -3.31. The highest BCUT2D eigenvalue weighted by Crippen LogP contribution is 2.22. The lowest BCUT2D eigenvalue weighted by Crippen LogP contribution is -2.16. The van der Waals surface area contributed by atoms with E-state index in [1.165, 1.54) is 0 Å². The van der Waals surface area contributed by atoms with Gasteiger partial charge in [0.25, 0.3) is 0 Å². The molecular formula is C13H17N3O3S. The van der Waals surface area contributed by atoms with Gasteiger partial charge in [0, 0.05) is 18.2 Å². The molecule has 0 atom stereocenters. The monoisotopic (exact) mass is 295 g/mol. The molecule has 0 unspecified atom stereocenters. The molecule has 1 N–H and O–H groups in total. The molecule has 0 aliphatic rings. The molecule has 0 saturated carbocycles. The van der Waals surface area contributed by atoms with Crippen LogP contribution in [0.5, 0.6) is 0 Å².